The molecule has 0 amide bonds. The molecule has 86 valence electrons. The van der Waals surface area contributed by atoms with Crippen molar-refractivity contribution < 1.29 is 23.5 Å². The van der Waals surface area contributed by atoms with Crippen LogP contribution in [0.2, 0.25) is 0 Å². The second-order valence-corrected chi connectivity index (χ2v) is 2.84. The SMILES string of the molecule is CCOC(=O)/C(=C/c1ccco1)OC(C)=O. The van der Waals surface area contributed by atoms with Crippen LogP contribution < -0.4 is 0 Å². The van der Waals surface area contributed by atoms with Gasteiger partial charge in [-0.3, -0.25) is 4.79 Å². The van der Waals surface area contributed by atoms with Crippen LogP contribution in [0.3, 0.4) is 0 Å². The highest BCUT2D eigenvalue weighted by molar-refractivity contribution is 5.93. The molecule has 0 aromatic carbocycles. The zero-order valence-electron chi connectivity index (χ0n) is 9.06. The predicted molar refractivity (Wildman–Crippen MR) is 55.1 cm³/mol. The highest BCUT2D eigenvalue weighted by Crippen LogP contribution is 2.10. The molecular weight excluding hydrogens is 212 g/mol. The average Bonchev–Trinajstić information content (AvgIpc) is 2.69. The minimum Gasteiger partial charge on any atom is -0.465 e. The molecule has 0 radical (unpaired) electrons. The van der Waals surface area contributed by atoms with Crippen LogP contribution in [-0.2, 0) is 19.1 Å². The third-order valence-electron chi connectivity index (χ3n) is 1.55. The normalized spacial score (nSPS) is 11.0. The maximum atomic E-state index is 11.4. The summed E-state index contributed by atoms with van der Waals surface area (Å²) in [7, 11) is 0. The van der Waals surface area contributed by atoms with E-state index in [2.05, 4.69) is 0 Å². The lowest BCUT2D eigenvalue weighted by atomic mass is 10.3. The first-order valence-electron chi connectivity index (χ1n) is 4.74. The van der Waals surface area contributed by atoms with Crippen molar-refractivity contribution in [3.63, 3.8) is 0 Å². The summed E-state index contributed by atoms with van der Waals surface area (Å²) in [5, 5.41) is 0. The monoisotopic (exact) mass is 224 g/mol. The molecule has 0 unspecified atom stereocenters. The molecule has 0 saturated heterocycles. The summed E-state index contributed by atoms with van der Waals surface area (Å²) in [6.07, 6.45) is 2.75. The number of rotatable bonds is 4. The van der Waals surface area contributed by atoms with Gasteiger partial charge in [-0.1, -0.05) is 0 Å². The van der Waals surface area contributed by atoms with Crippen molar-refractivity contribution in [2.24, 2.45) is 0 Å². The number of esters is 2. The van der Waals surface area contributed by atoms with E-state index in [1.54, 1.807) is 19.1 Å². The molecule has 1 aromatic rings. The number of ether oxygens (including phenoxy) is 2. The predicted octanol–water partition coefficient (Wildman–Crippen LogP) is 1.75. The van der Waals surface area contributed by atoms with Crippen molar-refractivity contribution in [1.82, 2.24) is 0 Å². The minimum atomic E-state index is -0.700. The fraction of sp³-hybridized carbons (Fsp3) is 0.273. The van der Waals surface area contributed by atoms with E-state index in [1.165, 1.54) is 19.3 Å². The van der Waals surface area contributed by atoms with E-state index >= 15 is 0 Å². The molecule has 0 saturated carbocycles. The van der Waals surface area contributed by atoms with E-state index in [0.29, 0.717) is 5.76 Å². The number of furan rings is 1. The molecule has 1 rings (SSSR count). The Kier molecular flexibility index (Phi) is 4.32. The molecule has 0 N–H and O–H groups in total. The van der Waals surface area contributed by atoms with Crippen molar-refractivity contribution in [2.45, 2.75) is 13.8 Å². The van der Waals surface area contributed by atoms with Crippen LogP contribution in [0.1, 0.15) is 19.6 Å². The van der Waals surface area contributed by atoms with Gasteiger partial charge in [-0.25, -0.2) is 4.79 Å². The zero-order valence-corrected chi connectivity index (χ0v) is 9.06. The Morgan fingerprint density at radius 3 is 2.75 bits per heavy atom. The van der Waals surface area contributed by atoms with Gasteiger partial charge in [-0.2, -0.15) is 0 Å². The highest BCUT2D eigenvalue weighted by Gasteiger charge is 2.15. The van der Waals surface area contributed by atoms with Crippen molar-refractivity contribution in [1.29, 1.82) is 0 Å². The standard InChI is InChI=1S/C11H12O5/c1-3-14-11(13)10(16-8(2)12)7-9-5-4-6-15-9/h4-7H,3H2,1-2H3/b10-7-. The lowest BCUT2D eigenvalue weighted by Crippen LogP contribution is -2.12. The third-order valence-corrected chi connectivity index (χ3v) is 1.55. The molecular formula is C11H12O5. The Morgan fingerprint density at radius 2 is 2.25 bits per heavy atom. The molecule has 0 aliphatic rings. The first-order chi connectivity index (χ1) is 7.63. The average molecular weight is 224 g/mol. The first kappa shape index (κ1) is 12.0. The fourth-order valence-electron chi connectivity index (χ4n) is 0.990. The Morgan fingerprint density at radius 1 is 1.50 bits per heavy atom. The van der Waals surface area contributed by atoms with Gasteiger partial charge in [0.25, 0.3) is 0 Å². The molecule has 1 aromatic heterocycles. The van der Waals surface area contributed by atoms with Crippen LogP contribution >= 0.6 is 0 Å². The maximum absolute atomic E-state index is 11.4. The molecule has 0 spiro atoms. The van der Waals surface area contributed by atoms with E-state index in [4.69, 9.17) is 13.9 Å². The molecule has 0 fully saturated rings. The number of carbonyl (C=O) groups is 2. The Hall–Kier alpha value is -2.04. The molecule has 0 bridgehead atoms. The lowest BCUT2D eigenvalue weighted by molar-refractivity contribution is -0.149. The van der Waals surface area contributed by atoms with Crippen LogP contribution in [-0.4, -0.2) is 18.5 Å². The first-order valence-corrected chi connectivity index (χ1v) is 4.74. The van der Waals surface area contributed by atoms with Crippen molar-refractivity contribution in [2.75, 3.05) is 6.61 Å². The van der Waals surface area contributed by atoms with E-state index in [-0.39, 0.29) is 12.4 Å². The largest absolute Gasteiger partial charge is 0.465 e. The van der Waals surface area contributed by atoms with Gasteiger partial charge < -0.3 is 13.9 Å². The Bertz CT molecular complexity index is 389. The summed E-state index contributed by atoms with van der Waals surface area (Å²) in [6.45, 7) is 3.07. The Labute approximate surface area is 92.6 Å². The van der Waals surface area contributed by atoms with E-state index < -0.39 is 11.9 Å². The fourth-order valence-corrected chi connectivity index (χ4v) is 0.990. The van der Waals surface area contributed by atoms with Gasteiger partial charge in [-0.05, 0) is 19.1 Å². The maximum Gasteiger partial charge on any atom is 0.374 e. The topological polar surface area (TPSA) is 65.7 Å². The summed E-state index contributed by atoms with van der Waals surface area (Å²) in [5.74, 6) is -1.08. The highest BCUT2D eigenvalue weighted by atomic mass is 16.6. The second-order valence-electron chi connectivity index (χ2n) is 2.84. The van der Waals surface area contributed by atoms with E-state index in [1.807, 2.05) is 0 Å². The van der Waals surface area contributed by atoms with Crippen LogP contribution in [0.4, 0.5) is 0 Å². The van der Waals surface area contributed by atoms with Crippen LogP contribution in [0.15, 0.2) is 28.6 Å². The van der Waals surface area contributed by atoms with Gasteiger partial charge in [-0.15, -0.1) is 0 Å². The molecule has 5 heteroatoms. The second kappa shape index (κ2) is 5.75. The van der Waals surface area contributed by atoms with Crippen LogP contribution in [0, 0.1) is 0 Å². The van der Waals surface area contributed by atoms with Crippen molar-refractivity contribution >= 4 is 18.0 Å². The molecule has 0 aliphatic heterocycles. The van der Waals surface area contributed by atoms with Gasteiger partial charge in [0.05, 0.1) is 12.9 Å². The lowest BCUT2D eigenvalue weighted by Gasteiger charge is -2.05. The van der Waals surface area contributed by atoms with Crippen LogP contribution in [0.25, 0.3) is 6.08 Å². The third kappa shape index (κ3) is 3.61. The van der Waals surface area contributed by atoms with E-state index in [9.17, 15) is 9.59 Å². The van der Waals surface area contributed by atoms with E-state index in [0.717, 1.165) is 0 Å². The number of hydrogen-bond donors (Lipinski definition) is 0. The number of carbonyl (C=O) groups excluding carboxylic acids is 2. The molecule has 0 atom stereocenters. The van der Waals surface area contributed by atoms with Gasteiger partial charge in [0.15, 0.2) is 0 Å². The smallest absolute Gasteiger partial charge is 0.374 e. The summed E-state index contributed by atoms with van der Waals surface area (Å²) in [6, 6.07) is 3.28. The number of hydrogen-bond acceptors (Lipinski definition) is 5. The summed E-state index contributed by atoms with van der Waals surface area (Å²) < 4.78 is 14.5. The van der Waals surface area contributed by atoms with Gasteiger partial charge in [0.1, 0.15) is 5.76 Å². The van der Waals surface area contributed by atoms with Gasteiger partial charge >= 0.3 is 11.9 Å². The van der Waals surface area contributed by atoms with Crippen LogP contribution in [0.5, 0.6) is 0 Å². The Balaban J connectivity index is 2.86. The van der Waals surface area contributed by atoms with Gasteiger partial charge in [0, 0.05) is 13.0 Å². The zero-order chi connectivity index (χ0) is 12.0. The van der Waals surface area contributed by atoms with Crippen molar-refractivity contribution in [3.05, 3.63) is 29.9 Å². The minimum absolute atomic E-state index is 0.190. The molecule has 0 aliphatic carbocycles. The van der Waals surface area contributed by atoms with Gasteiger partial charge in [0.2, 0.25) is 5.76 Å². The summed E-state index contributed by atoms with van der Waals surface area (Å²) in [4.78, 5) is 22.2. The van der Waals surface area contributed by atoms with Crippen molar-refractivity contribution in [3.8, 4) is 0 Å². The molecule has 5 nitrogen and oxygen atoms in total. The molecule has 16 heavy (non-hydrogen) atoms. The summed E-state index contributed by atoms with van der Waals surface area (Å²) >= 11 is 0. The quantitative estimate of drug-likeness (QED) is 0.443. The summed E-state index contributed by atoms with van der Waals surface area (Å²) in [5.41, 5.74) is 0. The molecule has 1 heterocycles.